The van der Waals surface area contributed by atoms with Crippen LogP contribution in [0.3, 0.4) is 0 Å². The minimum Gasteiger partial charge on any atom is -0.474 e. The second-order valence-corrected chi connectivity index (χ2v) is 7.48. The largest absolute Gasteiger partial charge is 0.474 e. The van der Waals surface area contributed by atoms with Crippen LogP contribution in [0.1, 0.15) is 12.2 Å². The molecule has 0 fully saturated rings. The summed E-state index contributed by atoms with van der Waals surface area (Å²) in [5, 5.41) is 0. The predicted molar refractivity (Wildman–Crippen MR) is 112 cm³/mol. The van der Waals surface area contributed by atoms with Gasteiger partial charge in [0.2, 0.25) is 5.88 Å². The van der Waals surface area contributed by atoms with Crippen molar-refractivity contribution in [2.45, 2.75) is 19.4 Å². The van der Waals surface area contributed by atoms with E-state index in [-0.39, 0.29) is 11.3 Å². The molecule has 0 unspecified atom stereocenters. The molecule has 2 aromatic carbocycles. The van der Waals surface area contributed by atoms with Crippen molar-refractivity contribution in [1.82, 2.24) is 19.5 Å². The molecule has 0 saturated carbocycles. The van der Waals surface area contributed by atoms with Crippen LogP contribution in [0.25, 0.3) is 33.5 Å². The van der Waals surface area contributed by atoms with E-state index in [1.165, 1.54) is 6.20 Å². The van der Waals surface area contributed by atoms with Crippen molar-refractivity contribution in [1.29, 1.82) is 0 Å². The molecule has 0 amide bonds. The zero-order valence-corrected chi connectivity index (χ0v) is 17.2. The molecule has 6 nitrogen and oxygen atoms in total. The number of methoxy groups -OCH3 is 1. The van der Waals surface area contributed by atoms with Crippen molar-refractivity contribution in [3.8, 4) is 28.4 Å². The smallest absolute Gasteiger partial charge is 0.232 e. The third-order valence-electron chi connectivity index (χ3n) is 5.42. The SMILES string of the molecule is COCCOc1cnc2ccc(-c3c(-c4cc(F)c(F)cc4F)nc4n3CCC4)cc2n1. The van der Waals surface area contributed by atoms with Crippen LogP contribution in [0.4, 0.5) is 13.2 Å². The fourth-order valence-electron chi connectivity index (χ4n) is 3.95. The van der Waals surface area contributed by atoms with Gasteiger partial charge in [-0.2, -0.15) is 0 Å². The van der Waals surface area contributed by atoms with E-state index < -0.39 is 17.5 Å². The number of aryl methyl sites for hydroxylation is 1. The molecule has 0 spiro atoms. The lowest BCUT2D eigenvalue weighted by atomic mass is 10.0. The molecule has 3 heterocycles. The Morgan fingerprint density at radius 2 is 1.81 bits per heavy atom. The lowest BCUT2D eigenvalue weighted by Gasteiger charge is -2.11. The number of hydrogen-bond donors (Lipinski definition) is 0. The molecule has 9 heteroatoms. The summed E-state index contributed by atoms with van der Waals surface area (Å²) < 4.78 is 54.6. The first-order chi connectivity index (χ1) is 15.5. The van der Waals surface area contributed by atoms with E-state index in [0.717, 1.165) is 30.3 Å². The average Bonchev–Trinajstić information content (AvgIpc) is 3.37. The third-order valence-corrected chi connectivity index (χ3v) is 5.42. The van der Waals surface area contributed by atoms with Crippen molar-refractivity contribution in [3.05, 3.63) is 59.8 Å². The summed E-state index contributed by atoms with van der Waals surface area (Å²) in [5.41, 5.74) is 2.80. The maximum absolute atomic E-state index is 14.6. The zero-order chi connectivity index (χ0) is 22.2. The van der Waals surface area contributed by atoms with Crippen LogP contribution in [0, 0.1) is 17.5 Å². The first kappa shape index (κ1) is 20.4. The molecule has 1 aliphatic heterocycles. The van der Waals surface area contributed by atoms with E-state index in [0.29, 0.717) is 48.4 Å². The molecule has 5 rings (SSSR count). The van der Waals surface area contributed by atoms with E-state index in [4.69, 9.17) is 9.47 Å². The lowest BCUT2D eigenvalue weighted by molar-refractivity contribution is 0.143. The van der Waals surface area contributed by atoms with Gasteiger partial charge in [0.25, 0.3) is 0 Å². The highest BCUT2D eigenvalue weighted by Crippen LogP contribution is 2.38. The molecular formula is C23H19F3N4O2. The van der Waals surface area contributed by atoms with E-state index in [2.05, 4.69) is 15.0 Å². The molecule has 0 N–H and O–H groups in total. The summed E-state index contributed by atoms with van der Waals surface area (Å²) >= 11 is 0. The van der Waals surface area contributed by atoms with Crippen LogP contribution in [0.5, 0.6) is 5.88 Å². The molecule has 0 saturated heterocycles. The lowest BCUT2D eigenvalue weighted by Crippen LogP contribution is -2.05. The Hall–Kier alpha value is -3.46. The summed E-state index contributed by atoms with van der Waals surface area (Å²) in [6.07, 6.45) is 3.17. The topological polar surface area (TPSA) is 62.1 Å². The molecule has 0 atom stereocenters. The molecule has 2 aromatic heterocycles. The zero-order valence-electron chi connectivity index (χ0n) is 17.2. The summed E-state index contributed by atoms with van der Waals surface area (Å²) in [7, 11) is 1.58. The number of aromatic nitrogens is 4. The minimum atomic E-state index is -1.23. The number of rotatable bonds is 6. The van der Waals surface area contributed by atoms with Gasteiger partial charge in [-0.05, 0) is 24.6 Å². The van der Waals surface area contributed by atoms with Gasteiger partial charge in [-0.3, -0.25) is 0 Å². The second kappa shape index (κ2) is 8.23. The molecule has 0 bridgehead atoms. The van der Waals surface area contributed by atoms with Gasteiger partial charge in [0.1, 0.15) is 18.2 Å². The fourth-order valence-corrected chi connectivity index (χ4v) is 3.95. The van der Waals surface area contributed by atoms with Crippen molar-refractivity contribution in [3.63, 3.8) is 0 Å². The average molecular weight is 440 g/mol. The Labute approximate surface area is 181 Å². The number of fused-ring (bicyclic) bond motifs is 2. The molecule has 1 aliphatic rings. The Balaban J connectivity index is 1.64. The van der Waals surface area contributed by atoms with E-state index in [1.807, 2.05) is 16.7 Å². The normalized spacial score (nSPS) is 13.0. The Morgan fingerprint density at radius 1 is 0.969 bits per heavy atom. The van der Waals surface area contributed by atoms with Crippen molar-refractivity contribution in [2.75, 3.05) is 20.3 Å². The van der Waals surface area contributed by atoms with Crippen LogP contribution in [0.15, 0.2) is 36.5 Å². The number of hydrogen-bond acceptors (Lipinski definition) is 5. The first-order valence-corrected chi connectivity index (χ1v) is 10.2. The second-order valence-electron chi connectivity index (χ2n) is 7.48. The number of nitrogens with zero attached hydrogens (tertiary/aromatic N) is 4. The van der Waals surface area contributed by atoms with Crippen molar-refractivity contribution in [2.24, 2.45) is 0 Å². The first-order valence-electron chi connectivity index (χ1n) is 10.2. The number of halogens is 3. The van der Waals surface area contributed by atoms with Gasteiger partial charge in [-0.25, -0.2) is 28.1 Å². The Bertz CT molecular complexity index is 1320. The Morgan fingerprint density at radius 3 is 2.66 bits per heavy atom. The van der Waals surface area contributed by atoms with Gasteiger partial charge in [0.15, 0.2) is 11.6 Å². The van der Waals surface area contributed by atoms with E-state index >= 15 is 0 Å². The van der Waals surface area contributed by atoms with Crippen LogP contribution in [-0.4, -0.2) is 39.8 Å². The van der Waals surface area contributed by atoms with Gasteiger partial charge >= 0.3 is 0 Å². The molecule has 4 aromatic rings. The van der Waals surface area contributed by atoms with Gasteiger partial charge < -0.3 is 14.0 Å². The van der Waals surface area contributed by atoms with Gasteiger partial charge in [0, 0.05) is 37.3 Å². The van der Waals surface area contributed by atoms with Crippen LogP contribution < -0.4 is 4.74 Å². The molecule has 164 valence electrons. The highest BCUT2D eigenvalue weighted by atomic mass is 19.2. The minimum absolute atomic E-state index is 0.0800. The molecule has 0 radical (unpaired) electrons. The standard InChI is InChI=1S/C23H19F3N4O2/c1-31-7-8-32-21-12-27-18-5-4-13(9-19(18)28-21)23-22(29-20-3-2-6-30(20)23)14-10-16(25)17(26)11-15(14)24/h4-5,9-12H,2-3,6-8H2,1H3. The maximum atomic E-state index is 14.6. The van der Waals surface area contributed by atoms with E-state index in [9.17, 15) is 13.2 Å². The highest BCUT2D eigenvalue weighted by molar-refractivity contribution is 5.86. The third kappa shape index (κ3) is 3.58. The summed E-state index contributed by atoms with van der Waals surface area (Å²) in [6.45, 7) is 1.46. The van der Waals surface area contributed by atoms with Crippen molar-refractivity contribution < 1.29 is 22.6 Å². The monoisotopic (exact) mass is 440 g/mol. The van der Waals surface area contributed by atoms with Gasteiger partial charge in [0.05, 0.1) is 35.2 Å². The van der Waals surface area contributed by atoms with Gasteiger partial charge in [-0.15, -0.1) is 0 Å². The number of ether oxygens (including phenoxy) is 2. The summed E-state index contributed by atoms with van der Waals surface area (Å²) in [4.78, 5) is 13.4. The summed E-state index contributed by atoms with van der Waals surface area (Å²) in [6, 6.07) is 6.86. The maximum Gasteiger partial charge on any atom is 0.232 e. The molecule has 0 aliphatic carbocycles. The number of imidazole rings is 1. The number of benzene rings is 2. The quantitative estimate of drug-likeness (QED) is 0.325. The Kier molecular flexibility index (Phi) is 5.26. The highest BCUT2D eigenvalue weighted by Gasteiger charge is 2.26. The molecular weight excluding hydrogens is 421 g/mol. The van der Waals surface area contributed by atoms with Crippen LogP contribution in [0.2, 0.25) is 0 Å². The fraction of sp³-hybridized carbons (Fsp3) is 0.261. The predicted octanol–water partition coefficient (Wildman–Crippen LogP) is 4.55. The van der Waals surface area contributed by atoms with Crippen molar-refractivity contribution >= 4 is 11.0 Å². The molecule has 32 heavy (non-hydrogen) atoms. The summed E-state index contributed by atoms with van der Waals surface area (Å²) in [5.74, 6) is -2.08. The van der Waals surface area contributed by atoms with Crippen LogP contribution in [-0.2, 0) is 17.7 Å². The van der Waals surface area contributed by atoms with Crippen LogP contribution >= 0.6 is 0 Å². The van der Waals surface area contributed by atoms with Gasteiger partial charge in [-0.1, -0.05) is 6.07 Å². The van der Waals surface area contributed by atoms with E-state index in [1.54, 1.807) is 13.2 Å².